The minimum absolute atomic E-state index is 0.139. The molecule has 94 valence electrons. The molecule has 0 aliphatic heterocycles. The van der Waals surface area contributed by atoms with Crippen LogP contribution in [0.5, 0.6) is 0 Å². The second-order valence-electron chi connectivity index (χ2n) is 5.49. The van der Waals surface area contributed by atoms with Gasteiger partial charge in [-0.15, -0.1) is 0 Å². The van der Waals surface area contributed by atoms with Gasteiger partial charge in [-0.1, -0.05) is 26.0 Å². The highest BCUT2D eigenvalue weighted by atomic mass is 19.1. The van der Waals surface area contributed by atoms with Crippen LogP contribution in [0.2, 0.25) is 0 Å². The number of benzene rings is 1. The van der Waals surface area contributed by atoms with Crippen molar-refractivity contribution >= 4 is 0 Å². The Morgan fingerprint density at radius 1 is 1.18 bits per heavy atom. The van der Waals surface area contributed by atoms with Crippen LogP contribution in [0, 0.1) is 17.7 Å². The summed E-state index contributed by atoms with van der Waals surface area (Å²) in [6.45, 7) is 5.50. The van der Waals surface area contributed by atoms with Gasteiger partial charge in [0, 0.05) is 6.04 Å². The lowest BCUT2D eigenvalue weighted by molar-refractivity contribution is 0.168. The zero-order valence-electron chi connectivity index (χ0n) is 10.7. The van der Waals surface area contributed by atoms with Crippen LogP contribution in [0.4, 0.5) is 4.39 Å². The van der Waals surface area contributed by atoms with Crippen molar-refractivity contribution in [2.45, 2.75) is 39.2 Å². The highest BCUT2D eigenvalue weighted by molar-refractivity contribution is 5.17. The summed E-state index contributed by atoms with van der Waals surface area (Å²) in [4.78, 5) is 0. The lowest BCUT2D eigenvalue weighted by Gasteiger charge is -2.37. The second-order valence-corrected chi connectivity index (χ2v) is 5.49. The van der Waals surface area contributed by atoms with Crippen molar-refractivity contribution in [3.05, 3.63) is 35.6 Å². The summed E-state index contributed by atoms with van der Waals surface area (Å²) in [6.07, 6.45) is 3.76. The first-order valence-corrected chi connectivity index (χ1v) is 6.63. The molecule has 0 bridgehead atoms. The normalized spacial score (nSPS) is 23.8. The number of hydrogen-bond donors (Lipinski definition) is 1. The van der Waals surface area contributed by atoms with E-state index in [0.717, 1.165) is 24.8 Å². The number of rotatable bonds is 5. The Hall–Kier alpha value is -0.890. The lowest BCUT2D eigenvalue weighted by Crippen LogP contribution is -2.38. The molecule has 2 unspecified atom stereocenters. The quantitative estimate of drug-likeness (QED) is 0.825. The number of halogens is 1. The van der Waals surface area contributed by atoms with E-state index in [9.17, 15) is 4.39 Å². The Labute approximate surface area is 103 Å². The molecular weight excluding hydrogens is 213 g/mol. The zero-order valence-corrected chi connectivity index (χ0v) is 10.7. The third-order valence-electron chi connectivity index (χ3n) is 3.77. The average Bonchev–Trinajstić information content (AvgIpc) is 2.26. The van der Waals surface area contributed by atoms with Crippen LogP contribution in [0.3, 0.4) is 0 Å². The largest absolute Gasteiger partial charge is 0.314 e. The van der Waals surface area contributed by atoms with Crippen LogP contribution in [-0.2, 0) is 6.42 Å². The van der Waals surface area contributed by atoms with Gasteiger partial charge in [0.25, 0.3) is 0 Å². The van der Waals surface area contributed by atoms with Crippen molar-refractivity contribution in [2.24, 2.45) is 11.8 Å². The molecule has 2 rings (SSSR count). The summed E-state index contributed by atoms with van der Waals surface area (Å²) in [5, 5.41) is 3.51. The van der Waals surface area contributed by atoms with E-state index in [1.54, 1.807) is 12.1 Å². The van der Waals surface area contributed by atoms with E-state index in [2.05, 4.69) is 19.2 Å². The van der Waals surface area contributed by atoms with Crippen molar-refractivity contribution in [1.82, 2.24) is 5.32 Å². The Morgan fingerprint density at radius 2 is 1.82 bits per heavy atom. The van der Waals surface area contributed by atoms with Crippen molar-refractivity contribution in [3.8, 4) is 0 Å². The third kappa shape index (κ3) is 3.53. The van der Waals surface area contributed by atoms with Crippen molar-refractivity contribution in [2.75, 3.05) is 6.54 Å². The average molecular weight is 235 g/mol. The lowest BCUT2D eigenvalue weighted by atomic mass is 9.70. The first kappa shape index (κ1) is 12.6. The van der Waals surface area contributed by atoms with Gasteiger partial charge < -0.3 is 5.32 Å². The van der Waals surface area contributed by atoms with E-state index >= 15 is 0 Å². The molecule has 1 aromatic carbocycles. The van der Waals surface area contributed by atoms with Gasteiger partial charge in [0.1, 0.15) is 5.82 Å². The van der Waals surface area contributed by atoms with Gasteiger partial charge in [-0.3, -0.25) is 0 Å². The maximum Gasteiger partial charge on any atom is 0.123 e. The maximum absolute atomic E-state index is 12.8. The minimum Gasteiger partial charge on any atom is -0.314 e. The van der Waals surface area contributed by atoms with E-state index in [4.69, 9.17) is 0 Å². The van der Waals surface area contributed by atoms with Gasteiger partial charge in [0.2, 0.25) is 0 Å². The molecule has 1 N–H and O–H groups in total. The van der Waals surface area contributed by atoms with Gasteiger partial charge in [-0.05, 0) is 55.3 Å². The molecule has 0 amide bonds. The standard InChI is InChI=1S/C15H22FN/c1-11(2)17-10-14-6-5-13(14)9-12-3-7-15(16)8-4-12/h3-4,7-8,11,13-14,17H,5-6,9-10H2,1-2H3. The summed E-state index contributed by atoms with van der Waals surface area (Å²) < 4.78 is 12.8. The van der Waals surface area contributed by atoms with Gasteiger partial charge in [-0.2, -0.15) is 0 Å². The highest BCUT2D eigenvalue weighted by Gasteiger charge is 2.30. The smallest absolute Gasteiger partial charge is 0.123 e. The summed E-state index contributed by atoms with van der Waals surface area (Å²) in [5.41, 5.74) is 1.27. The molecule has 1 aliphatic carbocycles. The molecule has 2 heteroatoms. The molecule has 2 atom stereocenters. The fourth-order valence-corrected chi connectivity index (χ4v) is 2.49. The third-order valence-corrected chi connectivity index (χ3v) is 3.77. The summed E-state index contributed by atoms with van der Waals surface area (Å²) in [6, 6.07) is 7.54. The molecule has 0 saturated heterocycles. The van der Waals surface area contributed by atoms with E-state index in [0.29, 0.717) is 6.04 Å². The van der Waals surface area contributed by atoms with Gasteiger partial charge in [-0.25, -0.2) is 4.39 Å². The first-order valence-electron chi connectivity index (χ1n) is 6.63. The van der Waals surface area contributed by atoms with Crippen molar-refractivity contribution in [1.29, 1.82) is 0 Å². The molecule has 1 aromatic rings. The summed E-state index contributed by atoms with van der Waals surface area (Å²) in [5.74, 6) is 1.45. The minimum atomic E-state index is -0.139. The molecule has 0 radical (unpaired) electrons. The topological polar surface area (TPSA) is 12.0 Å². The van der Waals surface area contributed by atoms with Crippen LogP contribution in [0.1, 0.15) is 32.3 Å². The Bertz CT molecular complexity index is 344. The molecule has 0 heterocycles. The van der Waals surface area contributed by atoms with Crippen LogP contribution < -0.4 is 5.32 Å². The van der Waals surface area contributed by atoms with Crippen molar-refractivity contribution < 1.29 is 4.39 Å². The predicted molar refractivity (Wildman–Crippen MR) is 69.5 cm³/mol. The highest BCUT2D eigenvalue weighted by Crippen LogP contribution is 2.36. The van der Waals surface area contributed by atoms with Gasteiger partial charge >= 0.3 is 0 Å². The van der Waals surface area contributed by atoms with Crippen molar-refractivity contribution in [3.63, 3.8) is 0 Å². The molecule has 1 aliphatic rings. The second kappa shape index (κ2) is 5.63. The molecule has 0 spiro atoms. The molecule has 1 fully saturated rings. The van der Waals surface area contributed by atoms with Gasteiger partial charge in [0.15, 0.2) is 0 Å². The fraction of sp³-hybridized carbons (Fsp3) is 0.600. The van der Waals surface area contributed by atoms with Crippen LogP contribution in [-0.4, -0.2) is 12.6 Å². The number of hydrogen-bond acceptors (Lipinski definition) is 1. The Kier molecular flexibility index (Phi) is 4.16. The Balaban J connectivity index is 1.81. The van der Waals surface area contributed by atoms with Crippen LogP contribution in [0.15, 0.2) is 24.3 Å². The van der Waals surface area contributed by atoms with Gasteiger partial charge in [0.05, 0.1) is 0 Å². The Morgan fingerprint density at radius 3 is 2.35 bits per heavy atom. The molecule has 1 saturated carbocycles. The molecule has 17 heavy (non-hydrogen) atoms. The first-order chi connectivity index (χ1) is 8.15. The predicted octanol–water partition coefficient (Wildman–Crippen LogP) is 3.39. The zero-order chi connectivity index (χ0) is 12.3. The summed E-state index contributed by atoms with van der Waals surface area (Å²) in [7, 11) is 0. The van der Waals surface area contributed by atoms with E-state index in [1.807, 2.05) is 12.1 Å². The van der Waals surface area contributed by atoms with Crippen LogP contribution >= 0.6 is 0 Å². The fourth-order valence-electron chi connectivity index (χ4n) is 2.49. The molecule has 1 nitrogen and oxygen atoms in total. The molecule has 0 aromatic heterocycles. The van der Waals surface area contributed by atoms with E-state index in [-0.39, 0.29) is 5.82 Å². The molecular formula is C15H22FN. The SMILES string of the molecule is CC(C)NCC1CCC1Cc1ccc(F)cc1. The van der Waals surface area contributed by atoms with E-state index < -0.39 is 0 Å². The van der Waals surface area contributed by atoms with E-state index in [1.165, 1.54) is 18.4 Å². The maximum atomic E-state index is 12.8. The number of nitrogens with one attached hydrogen (secondary N) is 1. The van der Waals surface area contributed by atoms with Crippen LogP contribution in [0.25, 0.3) is 0 Å². The monoisotopic (exact) mass is 235 g/mol. The summed E-state index contributed by atoms with van der Waals surface area (Å²) >= 11 is 0.